The summed E-state index contributed by atoms with van der Waals surface area (Å²) in [4.78, 5) is 11.1. The van der Waals surface area contributed by atoms with E-state index in [2.05, 4.69) is 5.32 Å². The van der Waals surface area contributed by atoms with Gasteiger partial charge in [0.2, 0.25) is 0 Å². The van der Waals surface area contributed by atoms with E-state index < -0.39 is 5.97 Å². The third-order valence-corrected chi connectivity index (χ3v) is 2.99. The van der Waals surface area contributed by atoms with Crippen LogP contribution in [-0.2, 0) is 4.79 Å². The number of carboxylic acids is 1. The van der Waals surface area contributed by atoms with Crippen LogP contribution >= 0.6 is 12.4 Å². The highest BCUT2D eigenvalue weighted by Gasteiger charge is 2.33. The maximum atomic E-state index is 11.1. The summed E-state index contributed by atoms with van der Waals surface area (Å²) in [7, 11) is 1.61. The van der Waals surface area contributed by atoms with E-state index in [1.807, 2.05) is 24.3 Å². The van der Waals surface area contributed by atoms with Gasteiger partial charge < -0.3 is 15.2 Å². The molecule has 1 aliphatic rings. The second kappa shape index (κ2) is 5.89. The molecule has 0 amide bonds. The van der Waals surface area contributed by atoms with Crippen molar-refractivity contribution in [2.75, 3.05) is 13.7 Å². The molecule has 1 fully saturated rings. The van der Waals surface area contributed by atoms with Crippen LogP contribution in [-0.4, -0.2) is 24.7 Å². The number of benzene rings is 1. The Morgan fingerprint density at radius 1 is 1.53 bits per heavy atom. The predicted molar refractivity (Wildman–Crippen MR) is 66.7 cm³/mol. The van der Waals surface area contributed by atoms with Gasteiger partial charge in [-0.05, 0) is 30.7 Å². The number of nitrogens with one attached hydrogen (secondary N) is 1. The van der Waals surface area contributed by atoms with Gasteiger partial charge in [-0.25, -0.2) is 0 Å². The minimum atomic E-state index is -0.738. The molecule has 1 aromatic rings. The van der Waals surface area contributed by atoms with Gasteiger partial charge in [0.25, 0.3) is 0 Å². The van der Waals surface area contributed by atoms with Crippen molar-refractivity contribution >= 4 is 18.4 Å². The van der Waals surface area contributed by atoms with Gasteiger partial charge in [0.05, 0.1) is 13.0 Å². The average Bonchev–Trinajstić information content (AvgIpc) is 2.78. The van der Waals surface area contributed by atoms with Crippen LogP contribution in [0.3, 0.4) is 0 Å². The molecule has 0 aliphatic carbocycles. The maximum absolute atomic E-state index is 11.1. The summed E-state index contributed by atoms with van der Waals surface area (Å²) in [6.07, 6.45) is 0.678. The molecule has 2 N–H and O–H groups in total. The van der Waals surface area contributed by atoms with Crippen molar-refractivity contribution in [2.45, 2.75) is 12.5 Å². The Balaban J connectivity index is 0.00000144. The third kappa shape index (κ3) is 2.90. The van der Waals surface area contributed by atoms with E-state index in [9.17, 15) is 4.79 Å². The van der Waals surface area contributed by atoms with Crippen molar-refractivity contribution in [2.24, 2.45) is 5.92 Å². The van der Waals surface area contributed by atoms with Crippen molar-refractivity contribution < 1.29 is 14.6 Å². The molecular formula is C12H16ClNO3. The summed E-state index contributed by atoms with van der Waals surface area (Å²) < 4.78 is 5.13. The first kappa shape index (κ1) is 13.8. The topological polar surface area (TPSA) is 58.6 Å². The van der Waals surface area contributed by atoms with E-state index in [1.54, 1.807) is 7.11 Å². The van der Waals surface area contributed by atoms with Crippen LogP contribution in [0.1, 0.15) is 18.0 Å². The van der Waals surface area contributed by atoms with E-state index in [0.717, 1.165) is 17.9 Å². The molecule has 0 aromatic heterocycles. The molecule has 17 heavy (non-hydrogen) atoms. The summed E-state index contributed by atoms with van der Waals surface area (Å²) in [5.41, 5.74) is 0.976. The van der Waals surface area contributed by atoms with E-state index in [1.165, 1.54) is 0 Å². The molecule has 0 spiro atoms. The lowest BCUT2D eigenvalue weighted by Gasteiger charge is -2.16. The normalized spacial score (nSPS) is 22.9. The fourth-order valence-corrected chi connectivity index (χ4v) is 2.15. The summed E-state index contributed by atoms with van der Waals surface area (Å²) >= 11 is 0. The number of ether oxygens (including phenoxy) is 1. The number of carboxylic acid groups (broad SMARTS) is 1. The van der Waals surface area contributed by atoms with Gasteiger partial charge in [0, 0.05) is 6.04 Å². The summed E-state index contributed by atoms with van der Waals surface area (Å²) in [6, 6.07) is 7.45. The number of hydrogen-bond donors (Lipinski definition) is 2. The SMILES string of the molecule is COc1cccc(C2NCCC2C(=O)O)c1.Cl. The Bertz CT molecular complexity index is 397. The maximum Gasteiger partial charge on any atom is 0.308 e. The fraction of sp³-hybridized carbons (Fsp3) is 0.417. The molecule has 1 aromatic carbocycles. The molecular weight excluding hydrogens is 242 g/mol. The van der Waals surface area contributed by atoms with Crippen molar-refractivity contribution in [1.29, 1.82) is 0 Å². The standard InChI is InChI=1S/C12H15NO3.ClH/c1-16-9-4-2-3-8(7-9)11-10(12(14)15)5-6-13-11;/h2-4,7,10-11,13H,5-6H2,1H3,(H,14,15);1H. The molecule has 4 nitrogen and oxygen atoms in total. The molecule has 5 heteroatoms. The van der Waals surface area contributed by atoms with Crippen LogP contribution < -0.4 is 10.1 Å². The Hall–Kier alpha value is -1.26. The number of hydrogen-bond acceptors (Lipinski definition) is 3. The Labute approximate surface area is 106 Å². The molecule has 1 aliphatic heterocycles. The van der Waals surface area contributed by atoms with Crippen LogP contribution in [0.4, 0.5) is 0 Å². The van der Waals surface area contributed by atoms with E-state index in [4.69, 9.17) is 9.84 Å². The van der Waals surface area contributed by atoms with Gasteiger partial charge in [-0.2, -0.15) is 0 Å². The number of halogens is 1. The van der Waals surface area contributed by atoms with Crippen molar-refractivity contribution in [1.82, 2.24) is 5.32 Å². The number of aliphatic carboxylic acids is 1. The number of methoxy groups -OCH3 is 1. The molecule has 2 unspecified atom stereocenters. The zero-order valence-electron chi connectivity index (χ0n) is 9.55. The quantitative estimate of drug-likeness (QED) is 0.868. The molecule has 1 saturated heterocycles. The second-order valence-corrected chi connectivity index (χ2v) is 3.94. The van der Waals surface area contributed by atoms with E-state index >= 15 is 0 Å². The lowest BCUT2D eigenvalue weighted by molar-refractivity contribution is -0.142. The fourth-order valence-electron chi connectivity index (χ4n) is 2.15. The van der Waals surface area contributed by atoms with E-state index in [0.29, 0.717) is 6.42 Å². The predicted octanol–water partition coefficient (Wildman–Crippen LogP) is 1.85. The molecule has 0 bridgehead atoms. The molecule has 0 saturated carbocycles. The largest absolute Gasteiger partial charge is 0.497 e. The Morgan fingerprint density at radius 2 is 2.29 bits per heavy atom. The highest BCUT2D eigenvalue weighted by atomic mass is 35.5. The third-order valence-electron chi connectivity index (χ3n) is 2.99. The lowest BCUT2D eigenvalue weighted by atomic mass is 9.94. The van der Waals surface area contributed by atoms with Gasteiger partial charge in [-0.15, -0.1) is 12.4 Å². The highest BCUT2D eigenvalue weighted by Crippen LogP contribution is 2.31. The monoisotopic (exact) mass is 257 g/mol. The first-order chi connectivity index (χ1) is 7.72. The van der Waals surface area contributed by atoms with Crippen molar-refractivity contribution in [3.8, 4) is 5.75 Å². The lowest BCUT2D eigenvalue weighted by Crippen LogP contribution is -2.23. The van der Waals surface area contributed by atoms with Crippen LogP contribution in [0, 0.1) is 5.92 Å². The van der Waals surface area contributed by atoms with Crippen LogP contribution in [0.25, 0.3) is 0 Å². The molecule has 1 heterocycles. The van der Waals surface area contributed by atoms with E-state index in [-0.39, 0.29) is 24.4 Å². The Kier molecular flexibility index (Phi) is 4.78. The summed E-state index contributed by atoms with van der Waals surface area (Å²) in [6.45, 7) is 0.749. The van der Waals surface area contributed by atoms with Gasteiger partial charge >= 0.3 is 5.97 Å². The van der Waals surface area contributed by atoms with Gasteiger partial charge in [-0.3, -0.25) is 4.79 Å². The zero-order valence-corrected chi connectivity index (χ0v) is 10.4. The first-order valence-corrected chi connectivity index (χ1v) is 5.32. The minimum absolute atomic E-state index is 0. The second-order valence-electron chi connectivity index (χ2n) is 3.94. The molecule has 2 atom stereocenters. The molecule has 2 rings (SSSR count). The van der Waals surface area contributed by atoms with Gasteiger partial charge in [0.15, 0.2) is 0 Å². The van der Waals surface area contributed by atoms with Crippen molar-refractivity contribution in [3.63, 3.8) is 0 Å². The van der Waals surface area contributed by atoms with Crippen LogP contribution in [0.2, 0.25) is 0 Å². The zero-order chi connectivity index (χ0) is 11.5. The Morgan fingerprint density at radius 3 is 2.94 bits per heavy atom. The number of carbonyl (C=O) groups is 1. The molecule has 0 radical (unpaired) electrons. The minimum Gasteiger partial charge on any atom is -0.497 e. The molecule has 94 valence electrons. The highest BCUT2D eigenvalue weighted by molar-refractivity contribution is 5.85. The van der Waals surface area contributed by atoms with Crippen LogP contribution in [0.15, 0.2) is 24.3 Å². The smallest absolute Gasteiger partial charge is 0.308 e. The summed E-state index contributed by atoms with van der Waals surface area (Å²) in [5.74, 6) is -0.319. The van der Waals surface area contributed by atoms with Gasteiger partial charge in [-0.1, -0.05) is 12.1 Å². The summed E-state index contributed by atoms with van der Waals surface area (Å²) in [5, 5.41) is 12.3. The van der Waals surface area contributed by atoms with Gasteiger partial charge in [0.1, 0.15) is 5.75 Å². The average molecular weight is 258 g/mol. The number of rotatable bonds is 3. The van der Waals surface area contributed by atoms with Crippen molar-refractivity contribution in [3.05, 3.63) is 29.8 Å². The van der Waals surface area contributed by atoms with Crippen LogP contribution in [0.5, 0.6) is 5.75 Å². The first-order valence-electron chi connectivity index (χ1n) is 5.32.